The second kappa shape index (κ2) is 11.8. The van der Waals surface area contributed by atoms with Gasteiger partial charge in [0.2, 0.25) is 0 Å². The largest absolute Gasteiger partial charge is 0.384 e. The van der Waals surface area contributed by atoms with E-state index >= 15 is 0 Å². The van der Waals surface area contributed by atoms with Crippen LogP contribution < -0.4 is 5.32 Å². The zero-order chi connectivity index (χ0) is 27.4. The molecule has 0 radical (unpaired) electrons. The zero-order valence-corrected chi connectivity index (χ0v) is 24.9. The van der Waals surface area contributed by atoms with Gasteiger partial charge in [0.15, 0.2) is 0 Å². The number of hydrogen-bond acceptors (Lipinski definition) is 1. The molecular weight excluding hydrogens is 460 g/mol. The van der Waals surface area contributed by atoms with E-state index in [1.54, 1.807) is 0 Å². The molecule has 0 aliphatic carbocycles. The van der Waals surface area contributed by atoms with Crippen LogP contribution in [-0.4, -0.2) is 11.1 Å². The van der Waals surface area contributed by atoms with Gasteiger partial charge in [-0.2, -0.15) is 0 Å². The number of benzene rings is 2. The molecule has 0 amide bonds. The first-order chi connectivity index (χ1) is 18.2. The molecule has 202 valence electrons. The van der Waals surface area contributed by atoms with Crippen LogP contribution in [0.3, 0.4) is 0 Å². The van der Waals surface area contributed by atoms with E-state index in [1.165, 1.54) is 68.5 Å². The van der Waals surface area contributed by atoms with Crippen LogP contribution in [0.15, 0.2) is 66.9 Å². The lowest BCUT2D eigenvalue weighted by atomic mass is 9.80. The Balaban J connectivity index is 1.96. The lowest BCUT2D eigenvalue weighted by Gasteiger charge is -2.26. The molecule has 1 aromatic heterocycles. The van der Waals surface area contributed by atoms with Crippen molar-refractivity contribution in [3.8, 4) is 11.1 Å². The summed E-state index contributed by atoms with van der Waals surface area (Å²) in [6, 6.07) is 14.2. The molecule has 1 atom stereocenters. The molecule has 2 nitrogen and oxygen atoms in total. The van der Waals surface area contributed by atoms with Crippen molar-refractivity contribution in [1.82, 2.24) is 9.88 Å². The quantitative estimate of drug-likeness (QED) is 0.255. The molecule has 2 heterocycles. The fourth-order valence-electron chi connectivity index (χ4n) is 6.36. The molecule has 2 heteroatoms. The molecule has 38 heavy (non-hydrogen) atoms. The molecule has 4 rings (SSSR count). The molecule has 0 saturated heterocycles. The van der Waals surface area contributed by atoms with Crippen LogP contribution in [0.25, 0.3) is 27.6 Å². The number of dihydropyridines is 1. The maximum atomic E-state index is 4.00. The predicted molar refractivity (Wildman–Crippen MR) is 168 cm³/mol. The Morgan fingerprint density at radius 2 is 1.87 bits per heavy atom. The third-order valence-corrected chi connectivity index (χ3v) is 8.15. The molecule has 0 spiro atoms. The lowest BCUT2D eigenvalue weighted by Crippen LogP contribution is -2.20. The Bertz CT molecular complexity index is 1360. The summed E-state index contributed by atoms with van der Waals surface area (Å²) in [7, 11) is 0. The normalized spacial score (nSPS) is 14.7. The summed E-state index contributed by atoms with van der Waals surface area (Å²) in [6.07, 6.45) is 12.2. The van der Waals surface area contributed by atoms with Gasteiger partial charge in [0.25, 0.3) is 0 Å². The number of hydrogen-bond donors (Lipinski definition) is 1. The minimum atomic E-state index is 0.239. The zero-order valence-electron chi connectivity index (χ0n) is 24.9. The molecule has 1 N–H and O–H groups in total. The van der Waals surface area contributed by atoms with E-state index in [4.69, 9.17) is 0 Å². The van der Waals surface area contributed by atoms with E-state index in [9.17, 15) is 0 Å². The minimum absolute atomic E-state index is 0.239. The summed E-state index contributed by atoms with van der Waals surface area (Å²) in [6.45, 7) is 22.1. The van der Waals surface area contributed by atoms with Crippen LogP contribution in [0.2, 0.25) is 0 Å². The summed E-state index contributed by atoms with van der Waals surface area (Å²) in [5, 5.41) is 5.08. The highest BCUT2D eigenvalue weighted by Crippen LogP contribution is 2.40. The summed E-state index contributed by atoms with van der Waals surface area (Å²) in [5.74, 6) is 0.471. The van der Waals surface area contributed by atoms with Crippen LogP contribution in [0.1, 0.15) is 83.2 Å². The molecule has 1 aliphatic rings. The summed E-state index contributed by atoms with van der Waals surface area (Å²) in [4.78, 5) is 0. The van der Waals surface area contributed by atoms with Crippen molar-refractivity contribution < 1.29 is 0 Å². The van der Waals surface area contributed by atoms with Crippen molar-refractivity contribution in [2.75, 3.05) is 6.54 Å². The molecule has 1 unspecified atom stereocenters. The topological polar surface area (TPSA) is 17.0 Å². The minimum Gasteiger partial charge on any atom is -0.384 e. The number of nitrogens with zero attached hydrogens (tertiary/aromatic N) is 1. The Morgan fingerprint density at radius 3 is 2.55 bits per heavy atom. The lowest BCUT2D eigenvalue weighted by molar-refractivity contribution is 0.329. The predicted octanol–water partition coefficient (Wildman–Crippen LogP) is 9.65. The van der Waals surface area contributed by atoms with Crippen molar-refractivity contribution >= 4 is 16.5 Å². The van der Waals surface area contributed by atoms with E-state index in [0.29, 0.717) is 5.92 Å². The van der Waals surface area contributed by atoms with Gasteiger partial charge in [-0.25, -0.2) is 0 Å². The Morgan fingerprint density at radius 1 is 1.08 bits per heavy atom. The molecule has 0 bridgehead atoms. The van der Waals surface area contributed by atoms with E-state index in [1.807, 2.05) is 0 Å². The number of aryl methyl sites for hydroxylation is 2. The average Bonchev–Trinajstić information content (AvgIpc) is 3.19. The smallest absolute Gasteiger partial charge is 0.0541 e. The van der Waals surface area contributed by atoms with Gasteiger partial charge in [-0.05, 0) is 85.3 Å². The maximum Gasteiger partial charge on any atom is 0.0541 e. The van der Waals surface area contributed by atoms with E-state index in [-0.39, 0.29) is 5.41 Å². The van der Waals surface area contributed by atoms with Crippen LogP contribution >= 0.6 is 0 Å². The average molecular weight is 509 g/mol. The third kappa shape index (κ3) is 5.85. The fraction of sp³-hybridized carbons (Fsp3) is 0.444. The highest BCUT2D eigenvalue weighted by molar-refractivity contribution is 5.95. The molecule has 2 aromatic carbocycles. The first-order valence-electron chi connectivity index (χ1n) is 14.7. The van der Waals surface area contributed by atoms with Crippen molar-refractivity contribution in [3.05, 3.63) is 89.3 Å². The molecule has 0 saturated carbocycles. The van der Waals surface area contributed by atoms with Crippen molar-refractivity contribution in [1.29, 1.82) is 0 Å². The molecule has 0 fully saturated rings. The van der Waals surface area contributed by atoms with Gasteiger partial charge in [-0.1, -0.05) is 89.1 Å². The summed E-state index contributed by atoms with van der Waals surface area (Å²) < 4.78 is 2.56. The maximum absolute atomic E-state index is 4.00. The van der Waals surface area contributed by atoms with E-state index < -0.39 is 0 Å². The van der Waals surface area contributed by atoms with Gasteiger partial charge in [0, 0.05) is 35.3 Å². The number of fused-ring (bicyclic) bond motifs is 1. The van der Waals surface area contributed by atoms with Crippen LogP contribution in [-0.2, 0) is 19.4 Å². The van der Waals surface area contributed by atoms with Crippen LogP contribution in [0.4, 0.5) is 0 Å². The van der Waals surface area contributed by atoms with Crippen molar-refractivity contribution in [3.63, 3.8) is 0 Å². The first kappa shape index (κ1) is 28.0. The van der Waals surface area contributed by atoms with E-state index in [0.717, 1.165) is 32.4 Å². The number of allylic oxidation sites excluding steroid dienone is 4. The van der Waals surface area contributed by atoms with Gasteiger partial charge in [0.05, 0.1) is 5.69 Å². The number of rotatable bonds is 11. The second-order valence-corrected chi connectivity index (χ2v) is 12.0. The highest BCUT2D eigenvalue weighted by atomic mass is 15.0. The Labute approximate surface area is 231 Å². The van der Waals surface area contributed by atoms with Crippen molar-refractivity contribution in [2.45, 2.75) is 87.1 Å². The molecule has 1 aliphatic heterocycles. The van der Waals surface area contributed by atoms with E-state index in [2.05, 4.69) is 120 Å². The Kier molecular flexibility index (Phi) is 8.71. The fourth-order valence-corrected chi connectivity index (χ4v) is 6.36. The van der Waals surface area contributed by atoms with Crippen molar-refractivity contribution in [2.24, 2.45) is 11.3 Å². The highest BCUT2D eigenvalue weighted by Gasteiger charge is 2.27. The monoisotopic (exact) mass is 508 g/mol. The van der Waals surface area contributed by atoms with Gasteiger partial charge in [0.1, 0.15) is 0 Å². The third-order valence-electron chi connectivity index (χ3n) is 8.15. The molecular formula is C36H48N2. The summed E-state index contributed by atoms with van der Waals surface area (Å²) in [5.41, 5.74) is 12.6. The van der Waals surface area contributed by atoms with Crippen LogP contribution in [0.5, 0.6) is 0 Å². The number of aromatic nitrogens is 1. The summed E-state index contributed by atoms with van der Waals surface area (Å²) >= 11 is 0. The van der Waals surface area contributed by atoms with Gasteiger partial charge in [-0.15, -0.1) is 6.58 Å². The van der Waals surface area contributed by atoms with Gasteiger partial charge in [-0.3, -0.25) is 0 Å². The Hall–Kier alpha value is -3.00. The van der Waals surface area contributed by atoms with Gasteiger partial charge < -0.3 is 9.88 Å². The number of nitrogens with one attached hydrogen (secondary N) is 1. The van der Waals surface area contributed by atoms with Crippen LogP contribution in [0, 0.1) is 18.3 Å². The molecule has 3 aromatic rings. The first-order valence-corrected chi connectivity index (χ1v) is 14.7. The SMILES string of the molecule is C=CC(C)Cc1cc(C)cc(-c2ccc3c(c2)c(CC(C)(C)CCC)c(C2=C(CC)NCC=C2)n3CC)c1. The van der Waals surface area contributed by atoms with Gasteiger partial charge >= 0.3 is 0 Å². The second-order valence-electron chi connectivity index (χ2n) is 12.0. The standard InChI is InChI=1S/C36H48N2/c1-9-17-36(7,8)24-32-31-23-28(29-21-26(6)20-27(22-29)19-25(5)10-2)15-16-34(31)38(12-4)35(32)30-14-13-18-37-33(30)11-3/h10,13-16,20-23,25,37H,2,9,11-12,17-19,24H2,1,3-8H3.